The predicted molar refractivity (Wildman–Crippen MR) is 88.1 cm³/mol. The van der Waals surface area contributed by atoms with Crippen molar-refractivity contribution in [3.8, 4) is 0 Å². The number of hydrogen-bond acceptors (Lipinski definition) is 4. The highest BCUT2D eigenvalue weighted by Crippen LogP contribution is 2.21. The highest BCUT2D eigenvalue weighted by atomic mass is 32.1. The fraction of sp³-hybridized carbons (Fsp3) is 0.500. The van der Waals surface area contributed by atoms with Crippen molar-refractivity contribution in [1.82, 2.24) is 14.0 Å². The largest absolute Gasteiger partial charge is 0.469 e. The van der Waals surface area contributed by atoms with Crippen LogP contribution in [0.5, 0.6) is 0 Å². The number of rotatable bonds is 3. The molecule has 22 heavy (non-hydrogen) atoms. The smallest absolute Gasteiger partial charge is 0.308 e. The molecule has 2 aromatic rings. The predicted octanol–water partition coefficient (Wildman–Crippen LogP) is 2.55. The molecule has 0 radical (unpaired) electrons. The molecule has 3 rings (SSSR count). The summed E-state index contributed by atoms with van der Waals surface area (Å²) in [5.41, 5.74) is 2.31. The number of hydrogen-bond donors (Lipinski definition) is 0. The van der Waals surface area contributed by atoms with E-state index in [0.717, 1.165) is 48.4 Å². The second-order valence-corrected chi connectivity index (χ2v) is 6.18. The van der Waals surface area contributed by atoms with Gasteiger partial charge in [0.1, 0.15) is 0 Å². The maximum Gasteiger partial charge on any atom is 0.308 e. The highest BCUT2D eigenvalue weighted by molar-refractivity contribution is 7.71. The maximum atomic E-state index is 11.6. The molecule has 2 heterocycles. The Kier molecular flexibility index (Phi) is 4.31. The lowest BCUT2D eigenvalue weighted by Gasteiger charge is -2.30. The average molecular weight is 319 g/mol. The van der Waals surface area contributed by atoms with Crippen LogP contribution in [0.25, 0.3) is 11.0 Å². The van der Waals surface area contributed by atoms with Crippen LogP contribution in [0.2, 0.25) is 0 Å². The second-order valence-electron chi connectivity index (χ2n) is 5.82. The van der Waals surface area contributed by atoms with Gasteiger partial charge < -0.3 is 13.9 Å². The molecule has 0 spiro atoms. The summed E-state index contributed by atoms with van der Waals surface area (Å²) in [4.78, 5) is 13.9. The molecule has 0 amide bonds. The minimum atomic E-state index is -0.0820. The first kappa shape index (κ1) is 15.2. The summed E-state index contributed by atoms with van der Waals surface area (Å²) in [5, 5.41) is 0. The van der Waals surface area contributed by atoms with Crippen molar-refractivity contribution in [2.24, 2.45) is 13.0 Å². The topological polar surface area (TPSA) is 39.4 Å². The number of likely N-dealkylation sites (tertiary alicyclic amines) is 1. The van der Waals surface area contributed by atoms with Gasteiger partial charge >= 0.3 is 5.97 Å². The first-order valence-electron chi connectivity index (χ1n) is 7.56. The Labute approximate surface area is 135 Å². The molecule has 1 aromatic carbocycles. The highest BCUT2D eigenvalue weighted by Gasteiger charge is 2.26. The molecule has 0 bridgehead atoms. The zero-order valence-electron chi connectivity index (χ0n) is 13.0. The van der Waals surface area contributed by atoms with Crippen molar-refractivity contribution in [2.75, 3.05) is 20.2 Å². The normalized spacial score (nSPS) is 17.0. The summed E-state index contributed by atoms with van der Waals surface area (Å²) in [7, 11) is 3.47. The van der Waals surface area contributed by atoms with Crippen molar-refractivity contribution in [2.45, 2.75) is 19.5 Å². The van der Waals surface area contributed by atoms with Crippen molar-refractivity contribution in [1.29, 1.82) is 0 Å². The average Bonchev–Trinajstić information content (AvgIpc) is 2.80. The molecule has 1 saturated heterocycles. The number of nitrogens with zero attached hydrogens (tertiary/aromatic N) is 3. The van der Waals surface area contributed by atoms with E-state index < -0.39 is 0 Å². The lowest BCUT2D eigenvalue weighted by molar-refractivity contribution is -0.147. The summed E-state index contributed by atoms with van der Waals surface area (Å²) in [6.07, 6.45) is 1.70. The molecule has 1 aliphatic heterocycles. The van der Waals surface area contributed by atoms with Gasteiger partial charge in [0, 0.05) is 20.1 Å². The van der Waals surface area contributed by atoms with Gasteiger partial charge in [0.15, 0.2) is 4.77 Å². The van der Waals surface area contributed by atoms with E-state index in [1.54, 1.807) is 0 Å². The number of fused-ring (bicyclic) bond motifs is 1. The number of aryl methyl sites for hydroxylation is 1. The first-order chi connectivity index (χ1) is 10.6. The molecular weight excluding hydrogens is 298 g/mol. The number of para-hydroxylation sites is 2. The molecule has 1 aromatic heterocycles. The molecule has 118 valence electrons. The van der Waals surface area contributed by atoms with Crippen LogP contribution in [0.3, 0.4) is 0 Å². The van der Waals surface area contributed by atoms with E-state index in [1.165, 1.54) is 7.11 Å². The van der Waals surface area contributed by atoms with Crippen LogP contribution in [0.1, 0.15) is 12.8 Å². The van der Waals surface area contributed by atoms with Crippen LogP contribution in [-0.2, 0) is 23.2 Å². The third-order valence-corrected chi connectivity index (χ3v) is 5.01. The molecule has 0 saturated carbocycles. The number of esters is 1. The zero-order chi connectivity index (χ0) is 15.7. The van der Waals surface area contributed by atoms with Gasteiger partial charge in [-0.2, -0.15) is 0 Å². The van der Waals surface area contributed by atoms with Crippen molar-refractivity contribution >= 4 is 29.2 Å². The summed E-state index contributed by atoms with van der Waals surface area (Å²) in [6, 6.07) is 8.26. The van der Waals surface area contributed by atoms with Gasteiger partial charge in [-0.15, -0.1) is 0 Å². The fourth-order valence-electron chi connectivity index (χ4n) is 3.18. The van der Waals surface area contributed by atoms with Gasteiger partial charge in [0.05, 0.1) is 30.7 Å². The van der Waals surface area contributed by atoms with Crippen LogP contribution in [-0.4, -0.2) is 40.2 Å². The zero-order valence-corrected chi connectivity index (χ0v) is 13.8. The summed E-state index contributed by atoms with van der Waals surface area (Å²) < 4.78 is 9.89. The monoisotopic (exact) mass is 319 g/mol. The van der Waals surface area contributed by atoms with Crippen LogP contribution in [0.15, 0.2) is 24.3 Å². The van der Waals surface area contributed by atoms with Gasteiger partial charge in [-0.05, 0) is 37.2 Å². The van der Waals surface area contributed by atoms with E-state index in [2.05, 4.69) is 21.6 Å². The van der Waals surface area contributed by atoms with E-state index in [9.17, 15) is 4.79 Å². The Bertz CT molecular complexity index is 741. The minimum absolute atomic E-state index is 0.0433. The summed E-state index contributed by atoms with van der Waals surface area (Å²) in [5.74, 6) is -0.0387. The molecule has 5 nitrogen and oxygen atoms in total. The van der Waals surface area contributed by atoms with Crippen molar-refractivity contribution < 1.29 is 9.53 Å². The molecule has 6 heteroatoms. The minimum Gasteiger partial charge on any atom is -0.469 e. The van der Waals surface area contributed by atoms with Crippen LogP contribution in [0.4, 0.5) is 0 Å². The van der Waals surface area contributed by atoms with E-state index in [1.807, 2.05) is 23.7 Å². The number of carbonyl (C=O) groups excluding carboxylic acids is 1. The number of piperidine rings is 1. The number of carbonyl (C=O) groups is 1. The van der Waals surface area contributed by atoms with Crippen LogP contribution < -0.4 is 0 Å². The maximum absolute atomic E-state index is 11.6. The van der Waals surface area contributed by atoms with Crippen molar-refractivity contribution in [3.05, 3.63) is 29.0 Å². The third kappa shape index (κ3) is 2.68. The quantitative estimate of drug-likeness (QED) is 0.644. The number of imidazole rings is 1. The first-order valence-corrected chi connectivity index (χ1v) is 7.97. The van der Waals surface area contributed by atoms with Gasteiger partial charge in [-0.1, -0.05) is 12.1 Å². The Morgan fingerprint density at radius 1 is 1.27 bits per heavy atom. The molecule has 0 aliphatic carbocycles. The van der Waals surface area contributed by atoms with Crippen molar-refractivity contribution in [3.63, 3.8) is 0 Å². The molecule has 1 fully saturated rings. The second kappa shape index (κ2) is 6.22. The Balaban J connectivity index is 1.77. The fourth-order valence-corrected chi connectivity index (χ4v) is 3.43. The number of methoxy groups -OCH3 is 1. The van der Waals surface area contributed by atoms with Crippen LogP contribution >= 0.6 is 12.2 Å². The Hall–Kier alpha value is -1.66. The lowest BCUT2D eigenvalue weighted by atomic mass is 9.97. The van der Waals surface area contributed by atoms with Gasteiger partial charge in [0.2, 0.25) is 0 Å². The Morgan fingerprint density at radius 2 is 1.91 bits per heavy atom. The van der Waals surface area contributed by atoms with Gasteiger partial charge in [0.25, 0.3) is 0 Å². The standard InChI is InChI=1S/C16H21N3O2S/c1-17-13-5-3-4-6-14(13)19(16(17)22)11-18-9-7-12(8-10-18)15(20)21-2/h3-6,12H,7-11H2,1-2H3. The number of benzene rings is 1. The van der Waals surface area contributed by atoms with E-state index in [-0.39, 0.29) is 11.9 Å². The molecule has 0 N–H and O–H groups in total. The summed E-state index contributed by atoms with van der Waals surface area (Å²) in [6.45, 7) is 2.56. The molecule has 1 aliphatic rings. The van der Waals surface area contributed by atoms with Gasteiger partial charge in [-0.3, -0.25) is 9.69 Å². The molecule has 0 unspecified atom stereocenters. The van der Waals surface area contributed by atoms with E-state index in [4.69, 9.17) is 17.0 Å². The third-order valence-electron chi connectivity index (χ3n) is 4.52. The molecular formula is C16H21N3O2S. The number of aromatic nitrogens is 2. The molecule has 0 atom stereocenters. The van der Waals surface area contributed by atoms with Crippen LogP contribution in [0, 0.1) is 10.7 Å². The van der Waals surface area contributed by atoms with E-state index in [0.29, 0.717) is 0 Å². The van der Waals surface area contributed by atoms with Gasteiger partial charge in [-0.25, -0.2) is 0 Å². The summed E-state index contributed by atoms with van der Waals surface area (Å²) >= 11 is 5.57. The Morgan fingerprint density at radius 3 is 2.55 bits per heavy atom. The lowest BCUT2D eigenvalue weighted by Crippen LogP contribution is -2.37. The SMILES string of the molecule is COC(=O)C1CCN(Cn2c(=S)n(C)c3ccccc32)CC1. The number of ether oxygens (including phenoxy) is 1. The van der Waals surface area contributed by atoms with E-state index >= 15 is 0 Å².